The van der Waals surface area contributed by atoms with Crippen LogP contribution in [0.3, 0.4) is 0 Å². The number of benzene rings is 1. The molecule has 0 amide bonds. The Balaban J connectivity index is 2.00. The minimum Gasteiger partial charge on any atom is -0.395 e. The van der Waals surface area contributed by atoms with Crippen LogP contribution >= 0.6 is 0 Å². The fourth-order valence-electron chi connectivity index (χ4n) is 2.78. The Bertz CT molecular complexity index is 362. The summed E-state index contributed by atoms with van der Waals surface area (Å²) in [6.45, 7) is 4.64. The minimum absolute atomic E-state index is 0.228. The number of hydrogen-bond donors (Lipinski definition) is 2. The van der Waals surface area contributed by atoms with Crippen molar-refractivity contribution in [3.63, 3.8) is 0 Å². The zero-order valence-electron chi connectivity index (χ0n) is 10.8. The summed E-state index contributed by atoms with van der Waals surface area (Å²) in [6, 6.07) is 9.30. The van der Waals surface area contributed by atoms with E-state index < -0.39 is 0 Å². The Morgan fingerprint density at radius 1 is 1.35 bits per heavy atom. The first-order chi connectivity index (χ1) is 8.20. The highest BCUT2D eigenvalue weighted by Crippen LogP contribution is 2.31. The number of aliphatic hydroxyl groups is 1. The Kier molecular flexibility index (Phi) is 4.19. The van der Waals surface area contributed by atoms with Gasteiger partial charge in [-0.1, -0.05) is 38.1 Å². The molecule has 0 radical (unpaired) electrons. The van der Waals surface area contributed by atoms with E-state index in [1.165, 1.54) is 11.1 Å². The molecule has 0 aromatic heterocycles. The quantitative estimate of drug-likeness (QED) is 0.819. The van der Waals surface area contributed by atoms with E-state index in [4.69, 9.17) is 0 Å². The molecule has 0 bridgehead atoms. The van der Waals surface area contributed by atoms with E-state index in [2.05, 4.69) is 43.4 Å². The highest BCUT2D eigenvalue weighted by molar-refractivity contribution is 5.34. The average molecular weight is 233 g/mol. The third kappa shape index (κ3) is 3.08. The van der Waals surface area contributed by atoms with Gasteiger partial charge in [0.2, 0.25) is 0 Å². The zero-order chi connectivity index (χ0) is 12.3. The van der Waals surface area contributed by atoms with Crippen molar-refractivity contribution in [3.8, 4) is 0 Å². The number of fused-ring (bicyclic) bond motifs is 1. The molecule has 0 saturated heterocycles. The van der Waals surface area contributed by atoms with Gasteiger partial charge in [0.1, 0.15) is 0 Å². The van der Waals surface area contributed by atoms with Crippen LogP contribution in [0.4, 0.5) is 0 Å². The van der Waals surface area contributed by atoms with Gasteiger partial charge in [-0.05, 0) is 36.3 Å². The predicted octanol–water partition coefficient (Wildman–Crippen LogP) is 2.67. The lowest BCUT2D eigenvalue weighted by molar-refractivity contribution is 0.212. The number of nitrogens with one attached hydrogen (secondary N) is 1. The molecule has 17 heavy (non-hydrogen) atoms. The molecule has 1 aromatic rings. The van der Waals surface area contributed by atoms with Crippen molar-refractivity contribution < 1.29 is 5.11 Å². The molecule has 2 N–H and O–H groups in total. The van der Waals surface area contributed by atoms with Gasteiger partial charge in [0.05, 0.1) is 6.61 Å². The van der Waals surface area contributed by atoms with E-state index >= 15 is 0 Å². The smallest absolute Gasteiger partial charge is 0.0584 e. The first-order valence-corrected chi connectivity index (χ1v) is 6.65. The summed E-state index contributed by atoms with van der Waals surface area (Å²) in [6.07, 6.45) is 3.36. The van der Waals surface area contributed by atoms with Gasteiger partial charge < -0.3 is 10.4 Å². The molecule has 1 aromatic carbocycles. The molecule has 1 aliphatic rings. The number of aryl methyl sites for hydroxylation is 1. The van der Waals surface area contributed by atoms with E-state index in [1.807, 2.05) is 0 Å². The van der Waals surface area contributed by atoms with Crippen molar-refractivity contribution in [1.82, 2.24) is 5.32 Å². The number of aliphatic hydroxyl groups excluding tert-OH is 1. The monoisotopic (exact) mass is 233 g/mol. The van der Waals surface area contributed by atoms with Crippen molar-refractivity contribution >= 4 is 0 Å². The maximum Gasteiger partial charge on any atom is 0.0584 e. The Morgan fingerprint density at radius 3 is 2.82 bits per heavy atom. The van der Waals surface area contributed by atoms with Gasteiger partial charge in [-0.3, -0.25) is 0 Å². The molecule has 0 heterocycles. The minimum atomic E-state index is 0.228. The van der Waals surface area contributed by atoms with Crippen LogP contribution in [0.1, 0.15) is 43.9 Å². The molecule has 0 aliphatic heterocycles. The van der Waals surface area contributed by atoms with E-state index in [0.29, 0.717) is 12.0 Å². The van der Waals surface area contributed by atoms with Crippen molar-refractivity contribution in [2.75, 3.05) is 6.61 Å². The second-order valence-electron chi connectivity index (χ2n) is 5.47. The van der Waals surface area contributed by atoms with E-state index in [9.17, 15) is 5.11 Å². The van der Waals surface area contributed by atoms with Crippen LogP contribution in [0.15, 0.2) is 24.3 Å². The summed E-state index contributed by atoms with van der Waals surface area (Å²) in [5, 5.41) is 13.0. The predicted molar refractivity (Wildman–Crippen MR) is 71.0 cm³/mol. The van der Waals surface area contributed by atoms with Crippen LogP contribution < -0.4 is 5.32 Å². The van der Waals surface area contributed by atoms with Crippen molar-refractivity contribution in [3.05, 3.63) is 35.4 Å². The summed E-state index contributed by atoms with van der Waals surface area (Å²) < 4.78 is 0. The third-order valence-electron chi connectivity index (χ3n) is 3.55. The molecule has 2 heteroatoms. The van der Waals surface area contributed by atoms with Crippen LogP contribution in [-0.2, 0) is 6.42 Å². The van der Waals surface area contributed by atoms with Gasteiger partial charge in [0.15, 0.2) is 0 Å². The van der Waals surface area contributed by atoms with Crippen molar-refractivity contribution in [1.29, 1.82) is 0 Å². The molecule has 0 spiro atoms. The number of hydrogen-bond acceptors (Lipinski definition) is 2. The molecule has 1 aliphatic carbocycles. The fourth-order valence-corrected chi connectivity index (χ4v) is 2.78. The van der Waals surface area contributed by atoms with Gasteiger partial charge in [0.25, 0.3) is 0 Å². The zero-order valence-corrected chi connectivity index (χ0v) is 10.8. The largest absolute Gasteiger partial charge is 0.395 e. The Labute approximate surface area is 104 Å². The van der Waals surface area contributed by atoms with E-state index in [-0.39, 0.29) is 12.6 Å². The molecule has 0 fully saturated rings. The summed E-state index contributed by atoms with van der Waals surface area (Å²) in [5.74, 6) is 0.622. The van der Waals surface area contributed by atoms with Gasteiger partial charge in [0, 0.05) is 12.1 Å². The number of rotatable bonds is 5. The van der Waals surface area contributed by atoms with Gasteiger partial charge in [-0.15, -0.1) is 0 Å². The van der Waals surface area contributed by atoms with Gasteiger partial charge in [-0.25, -0.2) is 0 Å². The van der Waals surface area contributed by atoms with Crippen LogP contribution in [0.2, 0.25) is 0 Å². The summed E-state index contributed by atoms with van der Waals surface area (Å²) in [7, 11) is 0. The Hall–Kier alpha value is -0.860. The van der Waals surface area contributed by atoms with E-state index in [1.54, 1.807) is 0 Å². The van der Waals surface area contributed by atoms with Gasteiger partial charge in [-0.2, -0.15) is 0 Å². The summed E-state index contributed by atoms with van der Waals surface area (Å²) >= 11 is 0. The topological polar surface area (TPSA) is 32.3 Å². The van der Waals surface area contributed by atoms with E-state index in [0.717, 1.165) is 19.3 Å². The maximum atomic E-state index is 9.42. The second kappa shape index (κ2) is 5.65. The standard InChI is InChI=1S/C15H23NO/c1-11(2)9-13(10-17)16-15-8-7-12-5-3-4-6-14(12)15/h3-6,11,13,15-17H,7-10H2,1-2H3. The maximum absolute atomic E-state index is 9.42. The van der Waals surface area contributed by atoms with Crippen LogP contribution in [0, 0.1) is 5.92 Å². The third-order valence-corrected chi connectivity index (χ3v) is 3.55. The van der Waals surface area contributed by atoms with Crippen LogP contribution in [0.5, 0.6) is 0 Å². The molecule has 94 valence electrons. The SMILES string of the molecule is CC(C)CC(CO)NC1CCc2ccccc21. The molecule has 2 unspecified atom stereocenters. The summed E-state index contributed by atoms with van der Waals surface area (Å²) in [4.78, 5) is 0. The fraction of sp³-hybridized carbons (Fsp3) is 0.600. The van der Waals surface area contributed by atoms with Crippen LogP contribution in [0.25, 0.3) is 0 Å². The molecular formula is C15H23NO. The first kappa shape index (κ1) is 12.6. The lowest BCUT2D eigenvalue weighted by Gasteiger charge is -2.23. The Morgan fingerprint density at radius 2 is 2.12 bits per heavy atom. The molecule has 2 atom stereocenters. The van der Waals surface area contributed by atoms with Crippen molar-refractivity contribution in [2.24, 2.45) is 5.92 Å². The lowest BCUT2D eigenvalue weighted by atomic mass is 10.0. The molecule has 2 nitrogen and oxygen atoms in total. The highest BCUT2D eigenvalue weighted by atomic mass is 16.3. The molecular weight excluding hydrogens is 210 g/mol. The normalized spacial score (nSPS) is 20.6. The average Bonchev–Trinajstić information content (AvgIpc) is 2.71. The molecule has 2 rings (SSSR count). The van der Waals surface area contributed by atoms with Gasteiger partial charge >= 0.3 is 0 Å². The summed E-state index contributed by atoms with van der Waals surface area (Å²) in [5.41, 5.74) is 2.89. The highest BCUT2D eigenvalue weighted by Gasteiger charge is 2.24. The second-order valence-corrected chi connectivity index (χ2v) is 5.47. The lowest BCUT2D eigenvalue weighted by Crippen LogP contribution is -2.36. The molecule has 0 saturated carbocycles. The van der Waals surface area contributed by atoms with Crippen LogP contribution in [-0.4, -0.2) is 17.8 Å². The van der Waals surface area contributed by atoms with Crippen molar-refractivity contribution in [2.45, 2.75) is 45.2 Å². The first-order valence-electron chi connectivity index (χ1n) is 6.65.